The van der Waals surface area contributed by atoms with Gasteiger partial charge in [0.25, 0.3) is 5.91 Å². The summed E-state index contributed by atoms with van der Waals surface area (Å²) in [5.74, 6) is 1.53. The van der Waals surface area contributed by atoms with Crippen molar-refractivity contribution in [2.24, 2.45) is 0 Å². The number of nitrogens with one attached hydrogen (secondary N) is 1. The number of aryl methyl sites for hydroxylation is 1. The van der Waals surface area contributed by atoms with Crippen molar-refractivity contribution >= 4 is 11.6 Å². The monoisotopic (exact) mass is 275 g/mol. The van der Waals surface area contributed by atoms with E-state index >= 15 is 0 Å². The molecular weight excluding hydrogens is 258 g/mol. The SMILES string of the molecule is Cc1cnc(C(C)NC(=O)COc2ccc(N)cc2)o1. The highest BCUT2D eigenvalue weighted by Crippen LogP contribution is 2.14. The van der Waals surface area contributed by atoms with E-state index in [4.69, 9.17) is 14.9 Å². The predicted molar refractivity (Wildman–Crippen MR) is 74.1 cm³/mol. The Kier molecular flexibility index (Phi) is 4.24. The van der Waals surface area contributed by atoms with E-state index < -0.39 is 0 Å². The molecule has 0 fully saturated rings. The molecule has 6 heteroatoms. The van der Waals surface area contributed by atoms with Gasteiger partial charge in [0.1, 0.15) is 17.6 Å². The summed E-state index contributed by atoms with van der Waals surface area (Å²) in [5, 5.41) is 2.75. The summed E-state index contributed by atoms with van der Waals surface area (Å²) in [7, 11) is 0. The van der Waals surface area contributed by atoms with Crippen LogP contribution in [0.25, 0.3) is 0 Å². The number of benzene rings is 1. The fourth-order valence-corrected chi connectivity index (χ4v) is 1.63. The Balaban J connectivity index is 1.82. The van der Waals surface area contributed by atoms with E-state index in [1.54, 1.807) is 44.3 Å². The highest BCUT2D eigenvalue weighted by Gasteiger charge is 2.14. The third-order valence-corrected chi connectivity index (χ3v) is 2.64. The second kappa shape index (κ2) is 6.10. The Morgan fingerprint density at radius 3 is 2.75 bits per heavy atom. The van der Waals surface area contributed by atoms with Gasteiger partial charge in [-0.3, -0.25) is 4.79 Å². The van der Waals surface area contributed by atoms with E-state index in [0.717, 1.165) is 0 Å². The van der Waals surface area contributed by atoms with Crippen LogP contribution in [0.1, 0.15) is 24.6 Å². The summed E-state index contributed by atoms with van der Waals surface area (Å²) in [6.45, 7) is 3.52. The highest BCUT2D eigenvalue weighted by atomic mass is 16.5. The van der Waals surface area contributed by atoms with E-state index in [-0.39, 0.29) is 18.6 Å². The zero-order valence-electron chi connectivity index (χ0n) is 11.4. The molecule has 106 valence electrons. The van der Waals surface area contributed by atoms with E-state index in [1.807, 2.05) is 0 Å². The molecule has 0 bridgehead atoms. The number of aromatic nitrogens is 1. The molecule has 0 aliphatic carbocycles. The Morgan fingerprint density at radius 2 is 2.15 bits per heavy atom. The largest absolute Gasteiger partial charge is 0.484 e. The fourth-order valence-electron chi connectivity index (χ4n) is 1.63. The maximum absolute atomic E-state index is 11.7. The van der Waals surface area contributed by atoms with Gasteiger partial charge in [0, 0.05) is 5.69 Å². The molecule has 1 unspecified atom stereocenters. The van der Waals surface area contributed by atoms with E-state index in [9.17, 15) is 4.79 Å². The zero-order chi connectivity index (χ0) is 14.5. The topological polar surface area (TPSA) is 90.4 Å². The smallest absolute Gasteiger partial charge is 0.258 e. The van der Waals surface area contributed by atoms with Crippen molar-refractivity contribution in [2.75, 3.05) is 12.3 Å². The number of hydrogen-bond acceptors (Lipinski definition) is 5. The van der Waals surface area contributed by atoms with Crippen LogP contribution in [0.4, 0.5) is 5.69 Å². The summed E-state index contributed by atoms with van der Waals surface area (Å²) in [5.41, 5.74) is 6.21. The van der Waals surface area contributed by atoms with Crippen LogP contribution >= 0.6 is 0 Å². The molecule has 1 atom stereocenters. The molecule has 6 nitrogen and oxygen atoms in total. The lowest BCUT2D eigenvalue weighted by atomic mass is 10.3. The number of oxazole rings is 1. The second-order valence-electron chi connectivity index (χ2n) is 4.46. The van der Waals surface area contributed by atoms with Gasteiger partial charge in [0.15, 0.2) is 6.61 Å². The number of anilines is 1. The molecule has 3 N–H and O–H groups in total. The van der Waals surface area contributed by atoms with Crippen LogP contribution in [0.3, 0.4) is 0 Å². The van der Waals surface area contributed by atoms with Crippen molar-refractivity contribution in [3.8, 4) is 5.75 Å². The zero-order valence-corrected chi connectivity index (χ0v) is 11.4. The Hall–Kier alpha value is -2.50. The summed E-state index contributed by atoms with van der Waals surface area (Å²) in [6, 6.07) is 6.55. The summed E-state index contributed by atoms with van der Waals surface area (Å²) >= 11 is 0. The van der Waals surface area contributed by atoms with Crippen LogP contribution in [-0.4, -0.2) is 17.5 Å². The number of nitrogens with two attached hydrogens (primary N) is 1. The number of carbonyl (C=O) groups is 1. The first kappa shape index (κ1) is 13.9. The molecule has 1 aromatic carbocycles. The van der Waals surface area contributed by atoms with Gasteiger partial charge in [-0.2, -0.15) is 0 Å². The maximum atomic E-state index is 11.7. The van der Waals surface area contributed by atoms with Crippen molar-refractivity contribution in [3.05, 3.63) is 42.1 Å². The normalized spacial score (nSPS) is 11.9. The van der Waals surface area contributed by atoms with Crippen molar-refractivity contribution in [3.63, 3.8) is 0 Å². The van der Waals surface area contributed by atoms with Gasteiger partial charge in [-0.25, -0.2) is 4.98 Å². The minimum absolute atomic E-state index is 0.0754. The average Bonchev–Trinajstić information content (AvgIpc) is 2.85. The van der Waals surface area contributed by atoms with Crippen LogP contribution in [-0.2, 0) is 4.79 Å². The lowest BCUT2D eigenvalue weighted by Crippen LogP contribution is -2.31. The third-order valence-electron chi connectivity index (χ3n) is 2.64. The van der Waals surface area contributed by atoms with Crippen LogP contribution in [0, 0.1) is 6.92 Å². The van der Waals surface area contributed by atoms with E-state index in [2.05, 4.69) is 10.3 Å². The Morgan fingerprint density at radius 1 is 1.45 bits per heavy atom. The lowest BCUT2D eigenvalue weighted by molar-refractivity contribution is -0.123. The number of hydrogen-bond donors (Lipinski definition) is 2. The summed E-state index contributed by atoms with van der Waals surface area (Å²) < 4.78 is 10.7. The molecule has 0 radical (unpaired) electrons. The van der Waals surface area contributed by atoms with Crippen LogP contribution in [0.5, 0.6) is 5.75 Å². The van der Waals surface area contributed by atoms with Crippen molar-refractivity contribution in [1.29, 1.82) is 0 Å². The van der Waals surface area contributed by atoms with Crippen LogP contribution < -0.4 is 15.8 Å². The third kappa shape index (κ3) is 3.74. The van der Waals surface area contributed by atoms with Crippen LogP contribution in [0.15, 0.2) is 34.9 Å². The molecule has 2 rings (SSSR count). The first-order valence-corrected chi connectivity index (χ1v) is 6.24. The molecule has 1 heterocycles. The van der Waals surface area contributed by atoms with Crippen molar-refractivity contribution in [1.82, 2.24) is 10.3 Å². The highest BCUT2D eigenvalue weighted by molar-refractivity contribution is 5.77. The molecule has 0 aliphatic rings. The minimum atomic E-state index is -0.300. The predicted octanol–water partition coefficient (Wildman–Crippen LogP) is 1.82. The van der Waals surface area contributed by atoms with Crippen molar-refractivity contribution in [2.45, 2.75) is 19.9 Å². The first-order valence-electron chi connectivity index (χ1n) is 6.24. The second-order valence-corrected chi connectivity index (χ2v) is 4.46. The molecule has 20 heavy (non-hydrogen) atoms. The Bertz CT molecular complexity index is 578. The van der Waals surface area contributed by atoms with Gasteiger partial charge in [-0.1, -0.05) is 0 Å². The van der Waals surface area contributed by atoms with Gasteiger partial charge >= 0.3 is 0 Å². The molecule has 0 aliphatic heterocycles. The fraction of sp³-hybridized carbons (Fsp3) is 0.286. The molecule has 1 aromatic heterocycles. The van der Waals surface area contributed by atoms with E-state index in [1.165, 1.54) is 0 Å². The quantitative estimate of drug-likeness (QED) is 0.812. The first-order chi connectivity index (χ1) is 9.54. The molecule has 2 aromatic rings. The Labute approximate surface area is 116 Å². The van der Waals surface area contributed by atoms with Crippen LogP contribution in [0.2, 0.25) is 0 Å². The van der Waals surface area contributed by atoms with Gasteiger partial charge in [-0.15, -0.1) is 0 Å². The van der Waals surface area contributed by atoms with Gasteiger partial charge in [0.2, 0.25) is 5.89 Å². The molecule has 0 saturated heterocycles. The van der Waals surface area contributed by atoms with Gasteiger partial charge < -0.3 is 20.2 Å². The van der Waals surface area contributed by atoms with Gasteiger partial charge in [-0.05, 0) is 38.1 Å². The number of nitrogens with zero attached hydrogens (tertiary/aromatic N) is 1. The number of rotatable bonds is 5. The standard InChI is InChI=1S/C14H17N3O3/c1-9-7-16-14(20-9)10(2)17-13(18)8-19-12-5-3-11(15)4-6-12/h3-7,10H,8,15H2,1-2H3,(H,17,18). The number of amides is 1. The molecule has 1 amide bonds. The van der Waals surface area contributed by atoms with E-state index in [0.29, 0.717) is 23.1 Å². The number of nitrogen functional groups attached to an aromatic ring is 1. The maximum Gasteiger partial charge on any atom is 0.258 e. The summed E-state index contributed by atoms with van der Waals surface area (Å²) in [4.78, 5) is 15.8. The molecule has 0 saturated carbocycles. The van der Waals surface area contributed by atoms with Crippen molar-refractivity contribution < 1.29 is 13.9 Å². The summed E-state index contributed by atoms with van der Waals surface area (Å²) in [6.07, 6.45) is 1.61. The molecular formula is C14H17N3O3. The number of ether oxygens (including phenoxy) is 1. The minimum Gasteiger partial charge on any atom is -0.484 e. The van der Waals surface area contributed by atoms with Gasteiger partial charge in [0.05, 0.1) is 6.20 Å². The number of carbonyl (C=O) groups excluding carboxylic acids is 1. The lowest BCUT2D eigenvalue weighted by Gasteiger charge is -2.11. The average molecular weight is 275 g/mol. The molecule has 0 spiro atoms.